The van der Waals surface area contributed by atoms with Crippen molar-refractivity contribution in [2.45, 2.75) is 20.3 Å². The van der Waals surface area contributed by atoms with Gasteiger partial charge in [0.15, 0.2) is 5.96 Å². The average Bonchev–Trinajstić information content (AvgIpc) is 2.54. The van der Waals surface area contributed by atoms with Crippen molar-refractivity contribution in [2.24, 2.45) is 4.99 Å². The maximum absolute atomic E-state index is 13.5. The second-order valence-corrected chi connectivity index (χ2v) is 7.26. The Balaban J connectivity index is 2.51. The molecule has 0 radical (unpaired) electrons. The van der Waals surface area contributed by atoms with Crippen LogP contribution in [-0.2, 0) is 14.8 Å². The van der Waals surface area contributed by atoms with Gasteiger partial charge in [0.2, 0.25) is 10.0 Å². The van der Waals surface area contributed by atoms with Crippen molar-refractivity contribution in [1.29, 1.82) is 0 Å². The molecule has 0 aliphatic heterocycles. The summed E-state index contributed by atoms with van der Waals surface area (Å²) in [6, 6.07) is 4.23. The summed E-state index contributed by atoms with van der Waals surface area (Å²) in [5.41, 5.74) is 0.674. The van der Waals surface area contributed by atoms with Crippen molar-refractivity contribution in [3.8, 4) is 0 Å². The number of hydrogen-bond acceptors (Lipinski definition) is 4. The van der Waals surface area contributed by atoms with Crippen molar-refractivity contribution in [3.63, 3.8) is 0 Å². The molecule has 3 N–H and O–H groups in total. The summed E-state index contributed by atoms with van der Waals surface area (Å²) < 4.78 is 45.0. The molecule has 0 unspecified atom stereocenters. The lowest BCUT2D eigenvalue weighted by molar-refractivity contribution is 0.197. The van der Waals surface area contributed by atoms with Crippen LogP contribution in [0.2, 0.25) is 0 Å². The summed E-state index contributed by atoms with van der Waals surface area (Å²) in [6.45, 7) is 5.59. The summed E-state index contributed by atoms with van der Waals surface area (Å²) in [7, 11) is -1.96. The Bertz CT molecular complexity index is 665. The van der Waals surface area contributed by atoms with Gasteiger partial charge in [-0.25, -0.2) is 12.8 Å². The molecular formula is C16H27FN4O3S. The van der Waals surface area contributed by atoms with Gasteiger partial charge in [0.1, 0.15) is 5.82 Å². The number of ether oxygens (including phenoxy) is 1. The molecule has 1 aromatic rings. The fourth-order valence-corrected chi connectivity index (χ4v) is 2.89. The maximum atomic E-state index is 13.5. The number of halogens is 1. The molecule has 1 aromatic carbocycles. The number of anilines is 1. The second kappa shape index (κ2) is 10.9. The third-order valence-corrected chi connectivity index (χ3v) is 4.52. The second-order valence-electron chi connectivity index (χ2n) is 5.42. The van der Waals surface area contributed by atoms with E-state index in [0.717, 1.165) is 6.42 Å². The van der Waals surface area contributed by atoms with E-state index in [1.54, 1.807) is 14.0 Å². The molecule has 0 saturated carbocycles. The van der Waals surface area contributed by atoms with Crippen molar-refractivity contribution in [2.75, 3.05) is 43.8 Å². The summed E-state index contributed by atoms with van der Waals surface area (Å²) in [5, 5.41) is 6.01. The monoisotopic (exact) mass is 374 g/mol. The van der Waals surface area contributed by atoms with Crippen molar-refractivity contribution in [1.82, 2.24) is 10.6 Å². The average molecular weight is 374 g/mol. The Morgan fingerprint density at radius 1 is 1.32 bits per heavy atom. The van der Waals surface area contributed by atoms with Gasteiger partial charge in [-0.3, -0.25) is 9.71 Å². The number of rotatable bonds is 10. The van der Waals surface area contributed by atoms with Gasteiger partial charge in [-0.1, -0.05) is 6.07 Å². The first kappa shape index (κ1) is 21.2. The van der Waals surface area contributed by atoms with Crippen LogP contribution < -0.4 is 15.4 Å². The first-order chi connectivity index (χ1) is 11.9. The number of sulfonamides is 1. The number of hydrogen-bond donors (Lipinski definition) is 3. The fraction of sp³-hybridized carbons (Fsp3) is 0.562. The van der Waals surface area contributed by atoms with Crippen LogP contribution in [0.25, 0.3) is 0 Å². The lowest BCUT2D eigenvalue weighted by Gasteiger charge is -2.12. The van der Waals surface area contributed by atoms with E-state index in [4.69, 9.17) is 4.74 Å². The molecule has 0 aliphatic rings. The standard InChI is InChI=1S/C16H27FN4O3S/c1-4-18-16(19-8-5-10-24-3)20-9-11-25(22,23)21-14-7-6-13(2)15(17)12-14/h6-7,12,21H,4-5,8-11H2,1-3H3,(H2,18,19,20). The number of nitrogens with zero attached hydrogens (tertiary/aromatic N) is 1. The summed E-state index contributed by atoms with van der Waals surface area (Å²) in [6.07, 6.45) is 0.784. The van der Waals surface area contributed by atoms with Crippen LogP contribution >= 0.6 is 0 Å². The molecule has 142 valence electrons. The Hall–Kier alpha value is -1.87. The van der Waals surface area contributed by atoms with Crippen molar-refractivity contribution < 1.29 is 17.5 Å². The molecule has 1 rings (SSSR count). The smallest absolute Gasteiger partial charge is 0.234 e. The highest BCUT2D eigenvalue weighted by Crippen LogP contribution is 2.14. The molecule has 0 atom stereocenters. The van der Waals surface area contributed by atoms with E-state index < -0.39 is 15.8 Å². The van der Waals surface area contributed by atoms with Gasteiger partial charge < -0.3 is 15.4 Å². The Morgan fingerprint density at radius 2 is 2.08 bits per heavy atom. The van der Waals surface area contributed by atoms with E-state index in [0.29, 0.717) is 31.2 Å². The van der Waals surface area contributed by atoms with E-state index in [-0.39, 0.29) is 18.0 Å². The largest absolute Gasteiger partial charge is 0.385 e. The van der Waals surface area contributed by atoms with Gasteiger partial charge in [-0.05, 0) is 38.0 Å². The summed E-state index contributed by atoms with van der Waals surface area (Å²) in [5.74, 6) is -0.0588. The van der Waals surface area contributed by atoms with E-state index in [2.05, 4.69) is 20.3 Å². The van der Waals surface area contributed by atoms with Gasteiger partial charge in [0.05, 0.1) is 11.4 Å². The Labute approximate surface area is 149 Å². The minimum Gasteiger partial charge on any atom is -0.385 e. The predicted octanol–water partition coefficient (Wildman–Crippen LogP) is 1.47. The number of benzene rings is 1. The fourth-order valence-electron chi connectivity index (χ4n) is 1.93. The van der Waals surface area contributed by atoms with Crippen LogP contribution in [0.4, 0.5) is 10.1 Å². The maximum Gasteiger partial charge on any atom is 0.234 e. The first-order valence-electron chi connectivity index (χ1n) is 8.15. The van der Waals surface area contributed by atoms with Crippen molar-refractivity contribution >= 4 is 21.7 Å². The SMILES string of the molecule is CCNC(=NCCCOC)NCCS(=O)(=O)Nc1ccc(C)c(F)c1. The van der Waals surface area contributed by atoms with Gasteiger partial charge in [-0.15, -0.1) is 0 Å². The third-order valence-electron chi connectivity index (χ3n) is 3.23. The highest BCUT2D eigenvalue weighted by atomic mass is 32.2. The number of aliphatic imine (C=N–C) groups is 1. The van der Waals surface area contributed by atoms with E-state index in [1.165, 1.54) is 18.2 Å². The van der Waals surface area contributed by atoms with Gasteiger partial charge in [-0.2, -0.15) is 0 Å². The van der Waals surface area contributed by atoms with Crippen LogP contribution in [0.15, 0.2) is 23.2 Å². The van der Waals surface area contributed by atoms with Gasteiger partial charge in [0, 0.05) is 33.4 Å². The van der Waals surface area contributed by atoms with E-state index >= 15 is 0 Å². The Morgan fingerprint density at radius 3 is 2.72 bits per heavy atom. The number of nitrogens with one attached hydrogen (secondary N) is 3. The number of aryl methyl sites for hydroxylation is 1. The molecule has 0 aromatic heterocycles. The van der Waals surface area contributed by atoms with E-state index in [9.17, 15) is 12.8 Å². The predicted molar refractivity (Wildman–Crippen MR) is 99.0 cm³/mol. The minimum absolute atomic E-state index is 0.162. The lowest BCUT2D eigenvalue weighted by Crippen LogP contribution is -2.40. The topological polar surface area (TPSA) is 91.8 Å². The zero-order chi connectivity index (χ0) is 18.7. The lowest BCUT2D eigenvalue weighted by atomic mass is 10.2. The van der Waals surface area contributed by atoms with Crippen LogP contribution in [0.5, 0.6) is 0 Å². The first-order valence-corrected chi connectivity index (χ1v) is 9.81. The molecule has 0 aliphatic carbocycles. The molecule has 0 fully saturated rings. The van der Waals surface area contributed by atoms with Gasteiger partial charge >= 0.3 is 0 Å². The molecule has 0 bridgehead atoms. The van der Waals surface area contributed by atoms with Crippen LogP contribution in [0.3, 0.4) is 0 Å². The highest BCUT2D eigenvalue weighted by molar-refractivity contribution is 7.92. The Kier molecular flexibility index (Phi) is 9.22. The normalized spacial score (nSPS) is 12.1. The van der Waals surface area contributed by atoms with Crippen LogP contribution in [0.1, 0.15) is 18.9 Å². The summed E-state index contributed by atoms with van der Waals surface area (Å²) >= 11 is 0. The molecule has 0 heterocycles. The molecule has 0 amide bonds. The summed E-state index contributed by atoms with van der Waals surface area (Å²) in [4.78, 5) is 4.33. The van der Waals surface area contributed by atoms with E-state index in [1.807, 2.05) is 6.92 Å². The van der Waals surface area contributed by atoms with Gasteiger partial charge in [0.25, 0.3) is 0 Å². The molecule has 7 nitrogen and oxygen atoms in total. The van der Waals surface area contributed by atoms with Crippen LogP contribution in [0, 0.1) is 12.7 Å². The molecule has 25 heavy (non-hydrogen) atoms. The molecule has 0 saturated heterocycles. The molecule has 9 heteroatoms. The zero-order valence-electron chi connectivity index (χ0n) is 14.9. The number of guanidine groups is 1. The van der Waals surface area contributed by atoms with Crippen molar-refractivity contribution in [3.05, 3.63) is 29.6 Å². The zero-order valence-corrected chi connectivity index (χ0v) is 15.7. The number of methoxy groups -OCH3 is 1. The minimum atomic E-state index is -3.59. The third kappa shape index (κ3) is 8.69. The molecular weight excluding hydrogens is 347 g/mol. The molecule has 0 spiro atoms. The highest BCUT2D eigenvalue weighted by Gasteiger charge is 2.11. The van der Waals surface area contributed by atoms with Crippen LogP contribution in [-0.4, -0.2) is 53.5 Å². The quantitative estimate of drug-likeness (QED) is 0.328.